The smallest absolute Gasteiger partial charge is 0.207 e. The Morgan fingerprint density at radius 1 is 1.50 bits per heavy atom. The molecule has 0 saturated carbocycles. The lowest BCUT2D eigenvalue weighted by atomic mass is 10.2. The Bertz CT molecular complexity index is 162. The van der Waals surface area contributed by atoms with Gasteiger partial charge in [0.2, 0.25) is 5.78 Å². The van der Waals surface area contributed by atoms with Gasteiger partial charge in [-0.2, -0.15) is 0 Å². The van der Waals surface area contributed by atoms with E-state index in [0.29, 0.717) is 6.42 Å². The third-order valence-corrected chi connectivity index (χ3v) is 0.896. The van der Waals surface area contributed by atoms with Crippen LogP contribution < -0.4 is 0 Å². The van der Waals surface area contributed by atoms with Crippen LogP contribution in [0.1, 0.15) is 19.8 Å². The Kier molecular flexibility index (Phi) is 4.39. The van der Waals surface area contributed by atoms with Gasteiger partial charge in [0.15, 0.2) is 0 Å². The van der Waals surface area contributed by atoms with Crippen molar-refractivity contribution in [3.8, 4) is 12.0 Å². The maximum Gasteiger partial charge on any atom is 0.207 e. The van der Waals surface area contributed by atoms with Gasteiger partial charge < -0.3 is 4.90 Å². The van der Waals surface area contributed by atoms with Crippen molar-refractivity contribution in [1.29, 1.82) is 0 Å². The molecular weight excluding hydrogens is 126 g/mol. The van der Waals surface area contributed by atoms with Gasteiger partial charge in [-0.15, -0.1) is 0 Å². The number of ketones is 1. The second kappa shape index (κ2) is 4.87. The van der Waals surface area contributed by atoms with Crippen LogP contribution in [0.5, 0.6) is 0 Å². The summed E-state index contributed by atoms with van der Waals surface area (Å²) in [6.07, 6.45) is 1.45. The average Bonchev–Trinajstić information content (AvgIpc) is 1.85. The lowest BCUT2D eigenvalue weighted by Crippen LogP contribution is -2.03. The van der Waals surface area contributed by atoms with Crippen molar-refractivity contribution in [2.24, 2.45) is 0 Å². The number of carbonyl (C=O) groups is 1. The third-order valence-electron chi connectivity index (χ3n) is 0.896. The molecule has 0 heterocycles. The Labute approximate surface area is 62.2 Å². The molecule has 0 aromatic heterocycles. The quantitative estimate of drug-likeness (QED) is 0.418. The largest absolute Gasteiger partial charge is 0.338 e. The highest BCUT2D eigenvalue weighted by Crippen LogP contribution is 1.86. The normalized spacial score (nSPS) is 7.90. The lowest BCUT2D eigenvalue weighted by Gasteiger charge is -1.96. The van der Waals surface area contributed by atoms with Gasteiger partial charge in [-0.05, 0) is 12.3 Å². The summed E-state index contributed by atoms with van der Waals surface area (Å²) in [4.78, 5) is 12.4. The molecule has 0 spiro atoms. The van der Waals surface area contributed by atoms with Crippen molar-refractivity contribution in [3.63, 3.8) is 0 Å². The highest BCUT2D eigenvalue weighted by Gasteiger charge is 1.91. The molecule has 10 heavy (non-hydrogen) atoms. The topological polar surface area (TPSA) is 20.3 Å². The van der Waals surface area contributed by atoms with Gasteiger partial charge in [0.05, 0.1) is 0 Å². The molecular formula is C8H13NO. The second-order valence-corrected chi connectivity index (χ2v) is 2.30. The van der Waals surface area contributed by atoms with Crippen molar-refractivity contribution < 1.29 is 4.79 Å². The Morgan fingerprint density at radius 3 is 2.50 bits per heavy atom. The molecule has 2 heteroatoms. The first-order valence-corrected chi connectivity index (χ1v) is 3.38. The van der Waals surface area contributed by atoms with Gasteiger partial charge >= 0.3 is 0 Å². The maximum absolute atomic E-state index is 10.7. The van der Waals surface area contributed by atoms with Gasteiger partial charge in [0.25, 0.3) is 0 Å². The zero-order valence-electron chi connectivity index (χ0n) is 6.77. The summed E-state index contributed by atoms with van der Waals surface area (Å²) < 4.78 is 0. The first-order valence-electron chi connectivity index (χ1n) is 3.38. The minimum Gasteiger partial charge on any atom is -0.338 e. The van der Waals surface area contributed by atoms with Crippen molar-refractivity contribution in [3.05, 3.63) is 0 Å². The van der Waals surface area contributed by atoms with E-state index in [9.17, 15) is 4.79 Å². The molecule has 56 valence electrons. The molecule has 0 aliphatic carbocycles. The minimum absolute atomic E-state index is 0.0243. The molecule has 0 radical (unpaired) electrons. The highest BCUT2D eigenvalue weighted by atomic mass is 16.1. The number of nitrogens with zero attached hydrogens (tertiary/aromatic N) is 1. The summed E-state index contributed by atoms with van der Waals surface area (Å²) in [6, 6.07) is 2.66. The Morgan fingerprint density at radius 2 is 2.10 bits per heavy atom. The fraction of sp³-hybridized carbons (Fsp3) is 0.625. The van der Waals surface area contributed by atoms with Crippen LogP contribution in [0, 0.1) is 12.0 Å². The number of hydrogen-bond donors (Lipinski definition) is 0. The van der Waals surface area contributed by atoms with Gasteiger partial charge in [0, 0.05) is 26.6 Å². The van der Waals surface area contributed by atoms with Crippen molar-refractivity contribution >= 4 is 5.78 Å². The van der Waals surface area contributed by atoms with Crippen LogP contribution in [-0.2, 0) is 4.79 Å². The summed E-state index contributed by atoms with van der Waals surface area (Å²) in [5.41, 5.74) is 0. The Balaban J connectivity index is 3.69. The average molecular weight is 139 g/mol. The van der Waals surface area contributed by atoms with Crippen molar-refractivity contribution in [1.82, 2.24) is 4.90 Å². The highest BCUT2D eigenvalue weighted by molar-refractivity contribution is 5.95. The van der Waals surface area contributed by atoms with Gasteiger partial charge in [0.1, 0.15) is 0 Å². The number of carbonyl (C=O) groups excluding carboxylic acids is 1. The van der Waals surface area contributed by atoms with Crippen LogP contribution in [-0.4, -0.2) is 24.8 Å². The predicted molar refractivity (Wildman–Crippen MR) is 41.4 cm³/mol. The molecule has 0 rings (SSSR count). The van der Waals surface area contributed by atoms with Crippen molar-refractivity contribution in [2.75, 3.05) is 14.1 Å². The van der Waals surface area contributed by atoms with Crippen LogP contribution in [0.2, 0.25) is 0 Å². The van der Waals surface area contributed by atoms with E-state index in [1.165, 1.54) is 0 Å². The maximum atomic E-state index is 10.7. The van der Waals surface area contributed by atoms with Gasteiger partial charge in [-0.3, -0.25) is 4.79 Å². The van der Waals surface area contributed by atoms with E-state index in [-0.39, 0.29) is 5.78 Å². The monoisotopic (exact) mass is 139 g/mol. The van der Waals surface area contributed by atoms with E-state index in [0.717, 1.165) is 6.42 Å². The van der Waals surface area contributed by atoms with E-state index < -0.39 is 0 Å². The molecule has 0 aromatic rings. The zero-order chi connectivity index (χ0) is 7.98. The van der Waals surface area contributed by atoms with Gasteiger partial charge in [-0.25, -0.2) is 0 Å². The van der Waals surface area contributed by atoms with Crippen LogP contribution >= 0.6 is 0 Å². The van der Waals surface area contributed by atoms with E-state index in [2.05, 4.69) is 12.0 Å². The van der Waals surface area contributed by atoms with Gasteiger partial charge in [-0.1, -0.05) is 6.92 Å². The summed E-state index contributed by atoms with van der Waals surface area (Å²) in [6.45, 7) is 1.97. The van der Waals surface area contributed by atoms with Crippen LogP contribution in [0.15, 0.2) is 0 Å². The molecule has 0 atom stereocenters. The first kappa shape index (κ1) is 9.03. The van der Waals surface area contributed by atoms with E-state index in [1.54, 1.807) is 4.90 Å². The SMILES string of the molecule is CCCC(=O)C#CN(C)C. The molecule has 0 fully saturated rings. The molecule has 0 amide bonds. The van der Waals surface area contributed by atoms with Crippen LogP contribution in [0.4, 0.5) is 0 Å². The van der Waals surface area contributed by atoms with E-state index in [1.807, 2.05) is 21.0 Å². The number of hydrogen-bond acceptors (Lipinski definition) is 2. The summed E-state index contributed by atoms with van der Waals surface area (Å²) >= 11 is 0. The summed E-state index contributed by atoms with van der Waals surface area (Å²) in [5, 5.41) is 0. The molecule has 0 aromatic carbocycles. The molecule has 2 nitrogen and oxygen atoms in total. The molecule has 0 bridgehead atoms. The third kappa shape index (κ3) is 5.17. The molecule has 0 N–H and O–H groups in total. The van der Waals surface area contributed by atoms with E-state index in [4.69, 9.17) is 0 Å². The Hall–Kier alpha value is -0.970. The number of Topliss-reactive ketones (excluding diaryl/α,β-unsaturated/α-hetero) is 1. The second-order valence-electron chi connectivity index (χ2n) is 2.30. The molecule has 0 aliphatic heterocycles. The first-order chi connectivity index (χ1) is 4.66. The standard InChI is InChI=1S/C8H13NO/c1-4-5-8(10)6-7-9(2)3/h4-5H2,1-3H3. The predicted octanol–water partition coefficient (Wildman–Crippen LogP) is 0.878. The number of rotatable bonds is 2. The minimum atomic E-state index is 0.0243. The fourth-order valence-electron chi connectivity index (χ4n) is 0.464. The van der Waals surface area contributed by atoms with E-state index >= 15 is 0 Å². The molecule has 0 saturated heterocycles. The summed E-state index contributed by atoms with van der Waals surface area (Å²) in [7, 11) is 3.62. The summed E-state index contributed by atoms with van der Waals surface area (Å²) in [5.74, 6) is 2.54. The van der Waals surface area contributed by atoms with Crippen LogP contribution in [0.25, 0.3) is 0 Å². The van der Waals surface area contributed by atoms with Crippen LogP contribution in [0.3, 0.4) is 0 Å². The fourth-order valence-corrected chi connectivity index (χ4v) is 0.464. The zero-order valence-corrected chi connectivity index (χ0v) is 6.77. The molecule has 0 unspecified atom stereocenters. The molecule has 0 aliphatic rings. The van der Waals surface area contributed by atoms with Crippen molar-refractivity contribution in [2.45, 2.75) is 19.8 Å². The lowest BCUT2D eigenvalue weighted by molar-refractivity contribution is -0.113.